The maximum Gasteiger partial charge on any atom is 0.407 e. The number of carbonyl (C=O) groups is 6. The number of hydrogen-bond donors (Lipinski definition) is 2. The van der Waals surface area contributed by atoms with Gasteiger partial charge in [-0.1, -0.05) is 283 Å². The van der Waals surface area contributed by atoms with Crippen molar-refractivity contribution in [3.63, 3.8) is 0 Å². The Hall–Kier alpha value is -4.86. The number of nitrogens with zero attached hydrogens (tertiary/aromatic N) is 2. The Bertz CT molecular complexity index is 2120. The number of carbonyl (C=O) groups excluding carboxylic acids is 6. The number of hydrogen-bond acceptors (Lipinski definition) is 18. The molecule has 0 saturated carbocycles. The Morgan fingerprint density at radius 2 is 0.518 bits per heavy atom. The SMILES string of the molecule is CCCCC/C=C\C/C=C\CCCCCCCC(=O)OCC(COC(=O)CCC(OCCCCCCCC)OCCCCCCCC)COC(=O)NCCN1CCN(CCNC(=O)OCC(COC(=O)CCCCCCC/C=C\C/C=C\CCCCC)COC(=O)CCC(OCCCCCCCC)OCCCCCCCC)CC1. The quantitative estimate of drug-likeness (QED) is 0.0190. The van der Waals surface area contributed by atoms with Crippen LogP contribution in [0, 0.1) is 11.8 Å². The van der Waals surface area contributed by atoms with Crippen molar-refractivity contribution in [2.24, 2.45) is 11.8 Å². The molecule has 0 radical (unpaired) electrons. The molecule has 20 heteroatoms. The molecule has 20 nitrogen and oxygen atoms in total. The van der Waals surface area contributed by atoms with Crippen LogP contribution in [0.25, 0.3) is 0 Å². The normalized spacial score (nSPS) is 13.5. The van der Waals surface area contributed by atoms with Crippen LogP contribution in [0.2, 0.25) is 0 Å². The number of amides is 2. The monoisotopic (exact) mass is 1610 g/mol. The van der Waals surface area contributed by atoms with Gasteiger partial charge in [-0.15, -0.1) is 0 Å². The summed E-state index contributed by atoms with van der Waals surface area (Å²) in [6, 6.07) is 0. The molecular formula is C94H172N4O16. The first-order chi connectivity index (χ1) is 56.0. The maximum atomic E-state index is 13.3. The lowest BCUT2D eigenvalue weighted by molar-refractivity contribution is -0.161. The molecule has 0 bridgehead atoms. The molecule has 0 aromatic rings. The molecule has 2 unspecified atom stereocenters. The van der Waals surface area contributed by atoms with Gasteiger partial charge in [-0.2, -0.15) is 0 Å². The first-order valence-electron chi connectivity index (χ1n) is 46.9. The summed E-state index contributed by atoms with van der Waals surface area (Å²) in [5.41, 5.74) is 0. The van der Waals surface area contributed by atoms with Crippen LogP contribution in [0.3, 0.4) is 0 Å². The molecule has 1 saturated heterocycles. The average molecular weight is 1610 g/mol. The molecule has 1 rings (SSSR count). The molecule has 1 fully saturated rings. The van der Waals surface area contributed by atoms with Crippen molar-refractivity contribution in [1.82, 2.24) is 20.4 Å². The molecule has 0 aromatic carbocycles. The fourth-order valence-corrected chi connectivity index (χ4v) is 13.2. The van der Waals surface area contributed by atoms with Crippen molar-refractivity contribution in [3.8, 4) is 0 Å². The van der Waals surface area contributed by atoms with E-state index in [0.29, 0.717) is 65.4 Å². The van der Waals surface area contributed by atoms with Crippen molar-refractivity contribution in [2.45, 2.75) is 388 Å². The van der Waals surface area contributed by atoms with Gasteiger partial charge in [-0.25, -0.2) is 9.59 Å². The molecule has 664 valence electrons. The zero-order valence-electron chi connectivity index (χ0n) is 73.9. The minimum absolute atomic E-state index is 0.0607. The molecule has 114 heavy (non-hydrogen) atoms. The Balaban J connectivity index is 2.82. The zero-order valence-corrected chi connectivity index (χ0v) is 73.9. The summed E-state index contributed by atoms with van der Waals surface area (Å²) in [6.07, 6.45) is 68.8. The Morgan fingerprint density at radius 3 is 0.816 bits per heavy atom. The van der Waals surface area contributed by atoms with Gasteiger partial charge in [0, 0.05) is 104 Å². The fourth-order valence-electron chi connectivity index (χ4n) is 13.2. The van der Waals surface area contributed by atoms with Crippen molar-refractivity contribution in [1.29, 1.82) is 0 Å². The Labute approximate surface area is 696 Å². The minimum Gasteiger partial charge on any atom is -0.465 e. The van der Waals surface area contributed by atoms with E-state index in [2.05, 4.69) is 111 Å². The second-order valence-corrected chi connectivity index (χ2v) is 31.7. The summed E-state index contributed by atoms with van der Waals surface area (Å²) in [6.45, 7) is 20.0. The van der Waals surface area contributed by atoms with Crippen LogP contribution < -0.4 is 10.6 Å². The van der Waals surface area contributed by atoms with E-state index in [0.717, 1.165) is 180 Å². The number of allylic oxidation sites excluding steroid dienone is 8. The van der Waals surface area contributed by atoms with Crippen LogP contribution >= 0.6 is 0 Å². The van der Waals surface area contributed by atoms with E-state index in [-0.39, 0.29) is 77.3 Å². The maximum absolute atomic E-state index is 13.3. The van der Waals surface area contributed by atoms with Crippen LogP contribution in [-0.2, 0) is 66.5 Å². The lowest BCUT2D eigenvalue weighted by atomic mass is 10.1. The van der Waals surface area contributed by atoms with Crippen molar-refractivity contribution < 1.29 is 76.1 Å². The summed E-state index contributed by atoms with van der Waals surface area (Å²) < 4.78 is 59.0. The molecule has 0 aromatic heterocycles. The number of nitrogens with one attached hydrogen (secondary N) is 2. The van der Waals surface area contributed by atoms with E-state index >= 15 is 0 Å². The first-order valence-corrected chi connectivity index (χ1v) is 46.9. The summed E-state index contributed by atoms with van der Waals surface area (Å²) in [5, 5.41) is 5.73. The molecule has 1 heterocycles. The predicted octanol–water partition coefficient (Wildman–Crippen LogP) is 22.8. The highest BCUT2D eigenvalue weighted by atomic mass is 16.7. The summed E-state index contributed by atoms with van der Waals surface area (Å²) in [4.78, 5) is 83.5. The second-order valence-electron chi connectivity index (χ2n) is 31.7. The molecule has 2 atom stereocenters. The van der Waals surface area contributed by atoms with E-state index in [1.54, 1.807) is 0 Å². The third-order valence-corrected chi connectivity index (χ3v) is 20.7. The van der Waals surface area contributed by atoms with E-state index in [9.17, 15) is 28.8 Å². The largest absolute Gasteiger partial charge is 0.465 e. The molecule has 0 aliphatic carbocycles. The van der Waals surface area contributed by atoms with Crippen LogP contribution in [-0.4, -0.2) is 177 Å². The highest BCUT2D eigenvalue weighted by molar-refractivity contribution is 5.71. The predicted molar refractivity (Wildman–Crippen MR) is 464 cm³/mol. The lowest BCUT2D eigenvalue weighted by Crippen LogP contribution is -2.50. The summed E-state index contributed by atoms with van der Waals surface area (Å²) in [5.74, 6) is -2.65. The van der Waals surface area contributed by atoms with Gasteiger partial charge in [0.05, 0.1) is 24.7 Å². The van der Waals surface area contributed by atoms with Gasteiger partial charge in [0.2, 0.25) is 0 Å². The van der Waals surface area contributed by atoms with Crippen molar-refractivity contribution in [2.75, 3.05) is 118 Å². The summed E-state index contributed by atoms with van der Waals surface area (Å²) >= 11 is 0. The number of alkyl carbamates (subject to hydrolysis) is 2. The van der Waals surface area contributed by atoms with Crippen LogP contribution in [0.15, 0.2) is 48.6 Å². The third-order valence-electron chi connectivity index (χ3n) is 20.7. The molecule has 0 spiro atoms. The summed E-state index contributed by atoms with van der Waals surface area (Å²) in [7, 11) is 0. The minimum atomic E-state index is -0.615. The molecule has 2 amide bonds. The van der Waals surface area contributed by atoms with Crippen LogP contribution in [0.4, 0.5) is 9.59 Å². The van der Waals surface area contributed by atoms with Gasteiger partial charge < -0.3 is 58.0 Å². The number of ether oxygens (including phenoxy) is 10. The molecule has 1 aliphatic rings. The Kier molecular flexibility index (Phi) is 79.5. The fraction of sp³-hybridized carbons (Fsp3) is 0.851. The third kappa shape index (κ3) is 74.7. The second kappa shape index (κ2) is 84.6. The topological polar surface area (TPSA) is 225 Å². The number of piperazine rings is 1. The number of unbranched alkanes of at least 4 members (excludes halogenated alkanes) is 36. The van der Waals surface area contributed by atoms with E-state index in [4.69, 9.17) is 47.4 Å². The van der Waals surface area contributed by atoms with Crippen molar-refractivity contribution >= 4 is 36.1 Å². The number of esters is 4. The van der Waals surface area contributed by atoms with E-state index < -0.39 is 48.5 Å². The first kappa shape index (κ1) is 107. The van der Waals surface area contributed by atoms with Gasteiger partial charge in [-0.05, 0) is 103 Å². The van der Waals surface area contributed by atoms with Crippen molar-refractivity contribution in [3.05, 3.63) is 48.6 Å². The highest BCUT2D eigenvalue weighted by Crippen LogP contribution is 2.18. The average Bonchev–Trinajstić information content (AvgIpc) is 0.955. The van der Waals surface area contributed by atoms with E-state index in [1.807, 2.05) is 0 Å². The van der Waals surface area contributed by atoms with Crippen LogP contribution in [0.1, 0.15) is 375 Å². The van der Waals surface area contributed by atoms with Gasteiger partial charge in [0.1, 0.15) is 39.6 Å². The van der Waals surface area contributed by atoms with Gasteiger partial charge in [-0.3, -0.25) is 29.0 Å². The van der Waals surface area contributed by atoms with Gasteiger partial charge in [0.15, 0.2) is 12.6 Å². The number of rotatable bonds is 84. The lowest BCUT2D eigenvalue weighted by Gasteiger charge is -2.34. The van der Waals surface area contributed by atoms with Gasteiger partial charge in [0.25, 0.3) is 0 Å². The van der Waals surface area contributed by atoms with E-state index in [1.165, 1.54) is 141 Å². The molecular weight excluding hydrogens is 1440 g/mol. The van der Waals surface area contributed by atoms with Gasteiger partial charge >= 0.3 is 36.1 Å². The standard InChI is InChI=1S/C94H172N4O16/c1-7-13-19-25-31-33-35-37-39-41-43-45-47-49-55-61-87(99)109-79-85(81-111-89(101)63-65-91(105-75-57-51-27-21-15-9-3)106-76-58-52-28-22-16-10-4)83-113-93(103)95-67-69-97-71-73-98(74-72-97)70-68-96-94(104)114-84-86(80-110-88(100)62-56-50-48-46-44-42-40-38-36-34-32-26-20-14-8-2)82-112-90(102)64-66-92(107-77-59-53-29-23-17-11-5)108-78-60-54-30-24-18-12-6/h31-34,37-40,85-86,91-92H,7-30,35-36,41-84H2,1-6H3,(H,95,103)(H,96,104)/b33-31-,34-32-,39-37-,40-38-. The highest BCUT2D eigenvalue weighted by Gasteiger charge is 2.23. The Morgan fingerprint density at radius 1 is 0.281 bits per heavy atom. The smallest absolute Gasteiger partial charge is 0.407 e. The molecule has 1 aliphatic heterocycles. The molecule has 2 N–H and O–H groups in total. The zero-order chi connectivity index (χ0) is 82.6. The van der Waals surface area contributed by atoms with Crippen LogP contribution in [0.5, 0.6) is 0 Å².